The molecule has 4 heteroatoms. The van der Waals surface area contributed by atoms with Crippen LogP contribution in [-0.2, 0) is 0 Å². The van der Waals surface area contributed by atoms with Crippen LogP contribution in [0.15, 0.2) is 12.1 Å². The number of anilines is 1. The Hall–Kier alpha value is -1.16. The largest absolute Gasteiger partial charge is 0.389 e. The number of aromatic nitrogens is 1. The molecule has 2 N–H and O–H groups in total. The maximum atomic E-state index is 5.73. The molecule has 94 valence electrons. The minimum atomic E-state index is 0.406. The summed E-state index contributed by atoms with van der Waals surface area (Å²) in [5.41, 5.74) is 7.57. The Labute approximate surface area is 109 Å². The van der Waals surface area contributed by atoms with Gasteiger partial charge in [0, 0.05) is 19.3 Å². The Kier molecular flexibility index (Phi) is 4.87. The lowest BCUT2D eigenvalue weighted by atomic mass is 10.1. The molecule has 1 aromatic heterocycles. The monoisotopic (exact) mass is 251 g/mol. The first kappa shape index (κ1) is 13.9. The van der Waals surface area contributed by atoms with Crippen molar-refractivity contribution in [1.29, 1.82) is 0 Å². The minimum absolute atomic E-state index is 0.406. The van der Waals surface area contributed by atoms with E-state index in [1.165, 1.54) is 0 Å². The summed E-state index contributed by atoms with van der Waals surface area (Å²) < 4.78 is 0. The van der Waals surface area contributed by atoms with Gasteiger partial charge in [-0.2, -0.15) is 0 Å². The lowest BCUT2D eigenvalue weighted by Gasteiger charge is -2.24. The van der Waals surface area contributed by atoms with Gasteiger partial charge in [-0.1, -0.05) is 32.5 Å². The summed E-state index contributed by atoms with van der Waals surface area (Å²) in [5.74, 6) is 1.51. The van der Waals surface area contributed by atoms with Crippen molar-refractivity contribution in [3.63, 3.8) is 0 Å². The predicted octanol–water partition coefficient (Wildman–Crippen LogP) is 2.51. The van der Waals surface area contributed by atoms with Crippen molar-refractivity contribution in [3.8, 4) is 0 Å². The molecule has 0 spiro atoms. The maximum Gasteiger partial charge on any atom is 0.138 e. The van der Waals surface area contributed by atoms with Crippen LogP contribution in [0, 0.1) is 12.8 Å². The van der Waals surface area contributed by atoms with E-state index in [9.17, 15) is 0 Å². The molecule has 0 saturated carbocycles. The zero-order chi connectivity index (χ0) is 13.0. The summed E-state index contributed by atoms with van der Waals surface area (Å²) >= 11 is 5.07. The zero-order valence-corrected chi connectivity index (χ0v) is 11.8. The molecule has 1 rings (SSSR count). The van der Waals surface area contributed by atoms with Crippen LogP contribution in [0.2, 0.25) is 0 Å². The molecule has 0 radical (unpaired) electrons. The number of rotatable bonds is 5. The molecule has 3 nitrogen and oxygen atoms in total. The molecular formula is C13H21N3S. The van der Waals surface area contributed by atoms with Gasteiger partial charge in [0.15, 0.2) is 0 Å². The summed E-state index contributed by atoms with van der Waals surface area (Å²) in [6.07, 6.45) is 1.15. The minimum Gasteiger partial charge on any atom is -0.389 e. The van der Waals surface area contributed by atoms with Crippen LogP contribution < -0.4 is 10.6 Å². The van der Waals surface area contributed by atoms with Crippen molar-refractivity contribution in [2.45, 2.75) is 27.2 Å². The number of aryl methyl sites for hydroxylation is 1. The highest BCUT2D eigenvalue weighted by Crippen LogP contribution is 2.19. The van der Waals surface area contributed by atoms with Crippen molar-refractivity contribution in [1.82, 2.24) is 4.98 Å². The van der Waals surface area contributed by atoms with Gasteiger partial charge in [0.05, 0.1) is 5.56 Å². The second-order valence-corrected chi connectivity index (χ2v) is 5.02. The summed E-state index contributed by atoms with van der Waals surface area (Å²) in [5, 5.41) is 0. The van der Waals surface area contributed by atoms with Crippen LogP contribution in [0.5, 0.6) is 0 Å². The topological polar surface area (TPSA) is 42.2 Å². The normalized spacial score (nSPS) is 12.2. The van der Waals surface area contributed by atoms with Gasteiger partial charge in [0.1, 0.15) is 10.8 Å². The first-order chi connectivity index (χ1) is 7.95. The standard InChI is InChI=1S/C13H21N3S/c1-5-9(2)8-16(4)13-11(12(14)17)7-6-10(3)15-13/h6-7,9H,5,8H2,1-4H3,(H2,14,17). The molecule has 0 saturated heterocycles. The lowest BCUT2D eigenvalue weighted by molar-refractivity contribution is 0.557. The van der Waals surface area contributed by atoms with Gasteiger partial charge >= 0.3 is 0 Å². The summed E-state index contributed by atoms with van der Waals surface area (Å²) in [7, 11) is 2.04. The van der Waals surface area contributed by atoms with Crippen molar-refractivity contribution in [3.05, 3.63) is 23.4 Å². The quantitative estimate of drug-likeness (QED) is 0.817. The van der Waals surface area contributed by atoms with E-state index in [1.807, 2.05) is 26.1 Å². The molecule has 1 heterocycles. The number of nitrogens with two attached hydrogens (primary N) is 1. The number of hydrogen-bond acceptors (Lipinski definition) is 3. The van der Waals surface area contributed by atoms with Gasteiger partial charge in [0.25, 0.3) is 0 Å². The maximum absolute atomic E-state index is 5.73. The molecule has 0 fully saturated rings. The molecular weight excluding hydrogens is 230 g/mol. The summed E-state index contributed by atoms with van der Waals surface area (Å²) in [6, 6.07) is 3.89. The van der Waals surface area contributed by atoms with Crippen molar-refractivity contribution in [2.24, 2.45) is 11.7 Å². The third-order valence-electron chi connectivity index (χ3n) is 2.92. The smallest absolute Gasteiger partial charge is 0.138 e. The van der Waals surface area contributed by atoms with Gasteiger partial charge in [-0.15, -0.1) is 0 Å². The molecule has 0 aliphatic carbocycles. The Balaban J connectivity index is 3.02. The van der Waals surface area contributed by atoms with Gasteiger partial charge in [0.2, 0.25) is 0 Å². The fourth-order valence-electron chi connectivity index (χ4n) is 1.71. The van der Waals surface area contributed by atoms with E-state index < -0.39 is 0 Å². The fourth-order valence-corrected chi connectivity index (χ4v) is 1.87. The number of nitrogens with zero attached hydrogens (tertiary/aromatic N) is 2. The Morgan fingerprint density at radius 1 is 1.53 bits per heavy atom. The average Bonchev–Trinajstić information content (AvgIpc) is 2.28. The third kappa shape index (κ3) is 3.66. The lowest BCUT2D eigenvalue weighted by Crippen LogP contribution is -2.27. The molecule has 0 aliphatic heterocycles. The molecule has 1 aromatic rings. The van der Waals surface area contributed by atoms with E-state index >= 15 is 0 Å². The van der Waals surface area contributed by atoms with Crippen LogP contribution in [-0.4, -0.2) is 23.6 Å². The second-order valence-electron chi connectivity index (χ2n) is 4.58. The molecule has 1 atom stereocenters. The second kappa shape index (κ2) is 5.96. The SMILES string of the molecule is CCC(C)CN(C)c1nc(C)ccc1C(N)=S. The van der Waals surface area contributed by atoms with Crippen molar-refractivity contribution >= 4 is 23.0 Å². The number of thiocarbonyl (C=S) groups is 1. The van der Waals surface area contributed by atoms with Crippen molar-refractivity contribution in [2.75, 3.05) is 18.5 Å². The van der Waals surface area contributed by atoms with Gasteiger partial charge < -0.3 is 10.6 Å². The van der Waals surface area contributed by atoms with E-state index in [1.54, 1.807) is 0 Å². The highest BCUT2D eigenvalue weighted by molar-refractivity contribution is 7.80. The fraction of sp³-hybridized carbons (Fsp3) is 0.538. The first-order valence-electron chi connectivity index (χ1n) is 5.94. The van der Waals surface area contributed by atoms with Crippen molar-refractivity contribution < 1.29 is 0 Å². The number of pyridine rings is 1. The Morgan fingerprint density at radius 2 is 2.18 bits per heavy atom. The van der Waals surface area contributed by atoms with Crippen LogP contribution in [0.1, 0.15) is 31.5 Å². The van der Waals surface area contributed by atoms with Crippen LogP contribution in [0.3, 0.4) is 0 Å². The van der Waals surface area contributed by atoms with E-state index in [0.29, 0.717) is 10.9 Å². The predicted molar refractivity (Wildman–Crippen MR) is 77.6 cm³/mol. The molecule has 0 bridgehead atoms. The highest BCUT2D eigenvalue weighted by atomic mass is 32.1. The molecule has 0 aromatic carbocycles. The van der Waals surface area contributed by atoms with E-state index in [2.05, 4.69) is 23.7 Å². The summed E-state index contributed by atoms with van der Waals surface area (Å²) in [4.78, 5) is 7.08. The van der Waals surface area contributed by atoms with E-state index in [-0.39, 0.29) is 0 Å². The molecule has 0 amide bonds. The van der Waals surface area contributed by atoms with Gasteiger partial charge in [-0.3, -0.25) is 0 Å². The zero-order valence-electron chi connectivity index (χ0n) is 11.0. The first-order valence-corrected chi connectivity index (χ1v) is 6.35. The Bertz CT molecular complexity index is 404. The summed E-state index contributed by atoms with van der Waals surface area (Å²) in [6.45, 7) is 7.36. The van der Waals surface area contributed by atoms with Gasteiger partial charge in [-0.25, -0.2) is 4.98 Å². The van der Waals surface area contributed by atoms with Crippen LogP contribution >= 0.6 is 12.2 Å². The third-order valence-corrected chi connectivity index (χ3v) is 3.14. The van der Waals surface area contributed by atoms with Crippen LogP contribution in [0.4, 0.5) is 5.82 Å². The van der Waals surface area contributed by atoms with E-state index in [0.717, 1.165) is 30.0 Å². The molecule has 17 heavy (non-hydrogen) atoms. The number of hydrogen-bond donors (Lipinski definition) is 1. The highest BCUT2D eigenvalue weighted by Gasteiger charge is 2.13. The van der Waals surface area contributed by atoms with Crippen LogP contribution in [0.25, 0.3) is 0 Å². The van der Waals surface area contributed by atoms with Gasteiger partial charge in [-0.05, 0) is 25.0 Å². The molecule has 0 aliphatic rings. The molecule has 1 unspecified atom stereocenters. The van der Waals surface area contributed by atoms with E-state index in [4.69, 9.17) is 18.0 Å². The Morgan fingerprint density at radius 3 is 2.71 bits per heavy atom. The average molecular weight is 251 g/mol.